The van der Waals surface area contributed by atoms with Crippen LogP contribution in [-0.4, -0.2) is 30.1 Å². The van der Waals surface area contributed by atoms with Crippen LogP contribution in [0.3, 0.4) is 0 Å². The fourth-order valence-electron chi connectivity index (χ4n) is 1.02. The summed E-state index contributed by atoms with van der Waals surface area (Å²) in [6.45, 7) is 11.2. The quantitative estimate of drug-likeness (QED) is 0.565. The zero-order chi connectivity index (χ0) is 11.0. The van der Waals surface area contributed by atoms with E-state index in [1.54, 1.807) is 0 Å². The summed E-state index contributed by atoms with van der Waals surface area (Å²) >= 11 is 3.61. The van der Waals surface area contributed by atoms with Crippen LogP contribution >= 0.6 is 15.9 Å². The van der Waals surface area contributed by atoms with Gasteiger partial charge in [0.1, 0.15) is 0 Å². The van der Waals surface area contributed by atoms with E-state index in [0.29, 0.717) is 4.83 Å². The van der Waals surface area contributed by atoms with Crippen LogP contribution in [0, 0.1) is 0 Å². The Labute approximate surface area is 96.9 Å². The number of ether oxygens (including phenoxy) is 1. The third-order valence-electron chi connectivity index (χ3n) is 1.89. The largest absolute Gasteiger partial charge is 0.375 e. The molecule has 0 aliphatic rings. The molecule has 0 aliphatic heterocycles. The van der Waals surface area contributed by atoms with Gasteiger partial charge in [0, 0.05) is 11.4 Å². The van der Waals surface area contributed by atoms with E-state index < -0.39 is 0 Å². The summed E-state index contributed by atoms with van der Waals surface area (Å²) in [6.07, 6.45) is 2.38. The first kappa shape index (κ1) is 14.4. The van der Waals surface area contributed by atoms with Gasteiger partial charge in [-0.2, -0.15) is 0 Å². The Morgan fingerprint density at radius 1 is 1.29 bits per heavy atom. The van der Waals surface area contributed by atoms with Crippen LogP contribution in [0.2, 0.25) is 0 Å². The van der Waals surface area contributed by atoms with E-state index in [2.05, 4.69) is 48.9 Å². The Balaban J connectivity index is 3.14. The molecule has 3 heteroatoms. The zero-order valence-electron chi connectivity index (χ0n) is 9.90. The lowest BCUT2D eigenvalue weighted by molar-refractivity contribution is -0.000747. The molecule has 1 N–H and O–H groups in total. The maximum absolute atomic E-state index is 5.59. The van der Waals surface area contributed by atoms with Crippen molar-refractivity contribution in [3.8, 4) is 0 Å². The van der Waals surface area contributed by atoms with Gasteiger partial charge in [-0.1, -0.05) is 22.9 Å². The average Bonchev–Trinajstić information content (AvgIpc) is 2.08. The van der Waals surface area contributed by atoms with E-state index in [4.69, 9.17) is 4.74 Å². The molecule has 2 nitrogen and oxygen atoms in total. The van der Waals surface area contributed by atoms with Gasteiger partial charge in [-0.3, -0.25) is 0 Å². The summed E-state index contributed by atoms with van der Waals surface area (Å²) in [6, 6.07) is 0. The van der Waals surface area contributed by atoms with Crippen molar-refractivity contribution in [2.24, 2.45) is 0 Å². The molecule has 14 heavy (non-hydrogen) atoms. The maximum atomic E-state index is 5.59. The lowest BCUT2D eigenvalue weighted by Gasteiger charge is -2.19. The monoisotopic (exact) mass is 265 g/mol. The van der Waals surface area contributed by atoms with E-state index in [1.165, 1.54) is 12.8 Å². The van der Waals surface area contributed by atoms with E-state index in [-0.39, 0.29) is 5.60 Å². The Hall–Kier alpha value is 0.400. The van der Waals surface area contributed by atoms with Gasteiger partial charge in [-0.25, -0.2) is 0 Å². The number of hydrogen-bond acceptors (Lipinski definition) is 2. The molecule has 0 rings (SSSR count). The molecule has 0 bridgehead atoms. The summed E-state index contributed by atoms with van der Waals surface area (Å²) < 4.78 is 5.59. The van der Waals surface area contributed by atoms with Crippen molar-refractivity contribution >= 4 is 15.9 Å². The molecule has 0 aromatic rings. The SMILES string of the molecule is CCC(Br)CCNCCOC(C)(C)C. The van der Waals surface area contributed by atoms with E-state index in [9.17, 15) is 0 Å². The lowest BCUT2D eigenvalue weighted by Crippen LogP contribution is -2.27. The van der Waals surface area contributed by atoms with Crippen LogP contribution in [0.5, 0.6) is 0 Å². The first-order valence-electron chi connectivity index (χ1n) is 5.44. The summed E-state index contributed by atoms with van der Waals surface area (Å²) in [5, 5.41) is 3.37. The highest BCUT2D eigenvalue weighted by atomic mass is 79.9. The van der Waals surface area contributed by atoms with Gasteiger partial charge in [0.05, 0.1) is 12.2 Å². The van der Waals surface area contributed by atoms with E-state index in [1.807, 2.05) is 0 Å². The molecule has 0 aromatic carbocycles. The van der Waals surface area contributed by atoms with Crippen LogP contribution in [0.1, 0.15) is 40.5 Å². The summed E-state index contributed by atoms with van der Waals surface area (Å²) in [5.41, 5.74) is -0.0109. The van der Waals surface area contributed by atoms with Crippen molar-refractivity contribution in [1.29, 1.82) is 0 Å². The van der Waals surface area contributed by atoms with Crippen LogP contribution in [0.4, 0.5) is 0 Å². The second kappa shape index (κ2) is 7.66. The molecule has 1 atom stereocenters. The van der Waals surface area contributed by atoms with Gasteiger partial charge in [0.25, 0.3) is 0 Å². The predicted molar refractivity (Wildman–Crippen MR) is 66.2 cm³/mol. The number of hydrogen-bond donors (Lipinski definition) is 1. The molecular formula is C11H24BrNO. The second-order valence-corrected chi connectivity index (χ2v) is 5.80. The van der Waals surface area contributed by atoms with Crippen LogP contribution in [0.15, 0.2) is 0 Å². The predicted octanol–water partition coefficient (Wildman–Crippen LogP) is 2.95. The molecule has 0 saturated carbocycles. The van der Waals surface area contributed by atoms with Crippen LogP contribution in [0.25, 0.3) is 0 Å². The molecule has 0 radical (unpaired) electrons. The molecule has 86 valence electrons. The van der Waals surface area contributed by atoms with Crippen molar-refractivity contribution < 1.29 is 4.74 Å². The minimum atomic E-state index is -0.0109. The smallest absolute Gasteiger partial charge is 0.0599 e. The van der Waals surface area contributed by atoms with Gasteiger partial charge in [-0.05, 0) is 40.2 Å². The molecule has 0 aromatic heterocycles. The Morgan fingerprint density at radius 3 is 2.43 bits per heavy atom. The minimum Gasteiger partial charge on any atom is -0.375 e. The van der Waals surface area contributed by atoms with E-state index >= 15 is 0 Å². The molecule has 0 spiro atoms. The van der Waals surface area contributed by atoms with Crippen molar-refractivity contribution in [2.75, 3.05) is 19.7 Å². The Bertz CT molecular complexity index is 134. The minimum absolute atomic E-state index is 0.0109. The highest BCUT2D eigenvalue weighted by Crippen LogP contribution is 2.07. The topological polar surface area (TPSA) is 21.3 Å². The normalized spacial score (nSPS) is 14.4. The molecule has 1 unspecified atom stereocenters. The number of alkyl halides is 1. The zero-order valence-corrected chi connectivity index (χ0v) is 11.5. The summed E-state index contributed by atoms with van der Waals surface area (Å²) in [5.74, 6) is 0. The maximum Gasteiger partial charge on any atom is 0.0599 e. The fourth-order valence-corrected chi connectivity index (χ4v) is 1.25. The molecule has 0 saturated heterocycles. The van der Waals surface area contributed by atoms with Gasteiger partial charge in [0.2, 0.25) is 0 Å². The fraction of sp³-hybridized carbons (Fsp3) is 1.00. The molecule has 0 aliphatic carbocycles. The van der Waals surface area contributed by atoms with Crippen molar-refractivity contribution in [3.05, 3.63) is 0 Å². The van der Waals surface area contributed by atoms with Gasteiger partial charge < -0.3 is 10.1 Å². The molecular weight excluding hydrogens is 242 g/mol. The van der Waals surface area contributed by atoms with Gasteiger partial charge in [-0.15, -0.1) is 0 Å². The summed E-state index contributed by atoms with van der Waals surface area (Å²) in [7, 11) is 0. The average molecular weight is 266 g/mol. The highest BCUT2D eigenvalue weighted by Gasteiger charge is 2.08. The molecule has 0 amide bonds. The standard InChI is InChI=1S/C11H24BrNO/c1-5-10(12)6-7-13-8-9-14-11(2,3)4/h10,13H,5-9H2,1-4H3. The van der Waals surface area contributed by atoms with Gasteiger partial charge in [0.15, 0.2) is 0 Å². The molecule has 0 heterocycles. The van der Waals surface area contributed by atoms with Crippen LogP contribution < -0.4 is 5.32 Å². The second-order valence-electron chi connectivity index (χ2n) is 4.51. The Kier molecular flexibility index (Phi) is 7.88. The third kappa shape index (κ3) is 10.5. The first-order valence-corrected chi connectivity index (χ1v) is 6.36. The number of nitrogens with one attached hydrogen (secondary N) is 1. The van der Waals surface area contributed by atoms with Crippen molar-refractivity contribution in [2.45, 2.75) is 51.0 Å². The van der Waals surface area contributed by atoms with Crippen molar-refractivity contribution in [1.82, 2.24) is 5.32 Å². The van der Waals surface area contributed by atoms with Gasteiger partial charge >= 0.3 is 0 Å². The third-order valence-corrected chi connectivity index (χ3v) is 3.00. The van der Waals surface area contributed by atoms with E-state index in [0.717, 1.165) is 19.7 Å². The Morgan fingerprint density at radius 2 is 1.93 bits per heavy atom. The summed E-state index contributed by atoms with van der Waals surface area (Å²) in [4.78, 5) is 0.651. The number of rotatable bonds is 7. The highest BCUT2D eigenvalue weighted by molar-refractivity contribution is 9.09. The van der Waals surface area contributed by atoms with Crippen LogP contribution in [-0.2, 0) is 4.74 Å². The lowest BCUT2D eigenvalue weighted by atomic mass is 10.2. The van der Waals surface area contributed by atoms with Crippen molar-refractivity contribution in [3.63, 3.8) is 0 Å². The number of halogens is 1. The molecule has 0 fully saturated rings. The first-order chi connectivity index (χ1) is 6.45.